The first kappa shape index (κ1) is 16.4. The summed E-state index contributed by atoms with van der Waals surface area (Å²) in [6.07, 6.45) is 4.11. The van der Waals surface area contributed by atoms with Crippen LogP contribution in [0, 0.1) is 5.92 Å². The molecule has 1 rings (SSSR count). The molecule has 0 bridgehead atoms. The molecule has 0 aromatic carbocycles. The van der Waals surface area contributed by atoms with Gasteiger partial charge in [0.2, 0.25) is 5.91 Å². The molecule has 1 heterocycles. The Morgan fingerprint density at radius 1 is 1.26 bits per heavy atom. The van der Waals surface area contributed by atoms with Crippen LogP contribution in [0.2, 0.25) is 0 Å². The van der Waals surface area contributed by atoms with E-state index in [4.69, 9.17) is 9.47 Å². The number of rotatable bonds is 9. The van der Waals surface area contributed by atoms with Gasteiger partial charge >= 0.3 is 0 Å². The summed E-state index contributed by atoms with van der Waals surface area (Å²) in [5, 5.41) is 3.39. The zero-order chi connectivity index (χ0) is 13.9. The van der Waals surface area contributed by atoms with Gasteiger partial charge in [0.15, 0.2) is 0 Å². The van der Waals surface area contributed by atoms with Crippen LogP contribution in [0.3, 0.4) is 0 Å². The minimum atomic E-state index is 0.222. The third-order valence-corrected chi connectivity index (χ3v) is 3.65. The van der Waals surface area contributed by atoms with E-state index < -0.39 is 0 Å². The number of ether oxygens (including phenoxy) is 2. The maximum atomic E-state index is 12.2. The average molecular weight is 272 g/mol. The SMILES string of the molecule is COCCN(CCOC)C(=O)CCC1CCCNC1. The van der Waals surface area contributed by atoms with E-state index in [9.17, 15) is 4.79 Å². The predicted molar refractivity (Wildman–Crippen MR) is 75.2 cm³/mol. The lowest BCUT2D eigenvalue weighted by Crippen LogP contribution is -2.37. The highest BCUT2D eigenvalue weighted by Gasteiger charge is 2.17. The lowest BCUT2D eigenvalue weighted by atomic mass is 9.94. The van der Waals surface area contributed by atoms with Crippen LogP contribution in [0.25, 0.3) is 0 Å². The van der Waals surface area contributed by atoms with Crippen LogP contribution in [-0.4, -0.2) is 64.4 Å². The number of hydrogen-bond donors (Lipinski definition) is 1. The van der Waals surface area contributed by atoms with E-state index in [0.717, 1.165) is 19.5 Å². The van der Waals surface area contributed by atoms with E-state index >= 15 is 0 Å². The minimum Gasteiger partial charge on any atom is -0.383 e. The van der Waals surface area contributed by atoms with Crippen molar-refractivity contribution in [2.75, 3.05) is 53.6 Å². The van der Waals surface area contributed by atoms with Crippen molar-refractivity contribution in [3.05, 3.63) is 0 Å². The Morgan fingerprint density at radius 3 is 2.47 bits per heavy atom. The van der Waals surface area contributed by atoms with Crippen LogP contribution in [0.5, 0.6) is 0 Å². The third-order valence-electron chi connectivity index (χ3n) is 3.65. The summed E-state index contributed by atoms with van der Waals surface area (Å²) >= 11 is 0. The lowest BCUT2D eigenvalue weighted by molar-refractivity contribution is -0.132. The molecule has 112 valence electrons. The normalized spacial score (nSPS) is 19.4. The van der Waals surface area contributed by atoms with Gasteiger partial charge in [-0.15, -0.1) is 0 Å². The summed E-state index contributed by atoms with van der Waals surface area (Å²) in [7, 11) is 3.32. The summed E-state index contributed by atoms with van der Waals surface area (Å²) in [6.45, 7) is 4.66. The molecule has 0 saturated carbocycles. The predicted octanol–water partition coefficient (Wildman–Crippen LogP) is 0.888. The van der Waals surface area contributed by atoms with Gasteiger partial charge in [0, 0.05) is 33.7 Å². The Hall–Kier alpha value is -0.650. The Balaban J connectivity index is 2.28. The van der Waals surface area contributed by atoms with Gasteiger partial charge in [0.25, 0.3) is 0 Å². The molecule has 5 heteroatoms. The monoisotopic (exact) mass is 272 g/mol. The molecule has 19 heavy (non-hydrogen) atoms. The average Bonchev–Trinajstić information content (AvgIpc) is 2.46. The smallest absolute Gasteiger partial charge is 0.222 e. The van der Waals surface area contributed by atoms with Crippen LogP contribution >= 0.6 is 0 Å². The van der Waals surface area contributed by atoms with Crippen molar-refractivity contribution in [3.63, 3.8) is 0 Å². The Morgan fingerprint density at radius 2 is 1.95 bits per heavy atom. The third kappa shape index (κ3) is 6.89. The van der Waals surface area contributed by atoms with Gasteiger partial charge in [-0.2, -0.15) is 0 Å². The van der Waals surface area contributed by atoms with Crippen LogP contribution in [0.15, 0.2) is 0 Å². The molecule has 1 saturated heterocycles. The van der Waals surface area contributed by atoms with E-state index in [0.29, 0.717) is 38.6 Å². The summed E-state index contributed by atoms with van der Waals surface area (Å²) in [4.78, 5) is 14.0. The summed E-state index contributed by atoms with van der Waals surface area (Å²) in [5.41, 5.74) is 0. The summed E-state index contributed by atoms with van der Waals surface area (Å²) in [5.74, 6) is 0.879. The molecule has 1 fully saturated rings. The minimum absolute atomic E-state index is 0.222. The lowest BCUT2D eigenvalue weighted by Gasteiger charge is -2.25. The Bertz CT molecular complexity index is 235. The quantitative estimate of drug-likeness (QED) is 0.677. The zero-order valence-electron chi connectivity index (χ0n) is 12.3. The number of nitrogens with zero attached hydrogens (tertiary/aromatic N) is 1. The second kappa shape index (κ2) is 10.2. The first-order chi connectivity index (χ1) is 9.27. The molecule has 0 spiro atoms. The second-order valence-electron chi connectivity index (χ2n) is 5.12. The van der Waals surface area contributed by atoms with Crippen molar-refractivity contribution in [1.82, 2.24) is 10.2 Å². The van der Waals surface area contributed by atoms with Crippen molar-refractivity contribution in [1.29, 1.82) is 0 Å². The van der Waals surface area contributed by atoms with Crippen LogP contribution < -0.4 is 5.32 Å². The number of amides is 1. The molecule has 1 N–H and O–H groups in total. The van der Waals surface area contributed by atoms with Gasteiger partial charge in [-0.3, -0.25) is 4.79 Å². The molecule has 1 unspecified atom stereocenters. The van der Waals surface area contributed by atoms with E-state index in [-0.39, 0.29) is 5.91 Å². The maximum Gasteiger partial charge on any atom is 0.222 e. The summed E-state index contributed by atoms with van der Waals surface area (Å²) in [6, 6.07) is 0. The number of hydrogen-bond acceptors (Lipinski definition) is 4. The molecule has 0 aromatic rings. The number of nitrogens with one attached hydrogen (secondary N) is 1. The standard InChI is InChI=1S/C14H28N2O3/c1-18-10-8-16(9-11-19-2)14(17)6-5-13-4-3-7-15-12-13/h13,15H,3-12H2,1-2H3. The number of piperidine rings is 1. The Kier molecular flexibility index (Phi) is 8.79. The molecule has 0 aromatic heterocycles. The van der Waals surface area contributed by atoms with Crippen LogP contribution in [-0.2, 0) is 14.3 Å². The largest absolute Gasteiger partial charge is 0.383 e. The van der Waals surface area contributed by atoms with Gasteiger partial charge in [-0.1, -0.05) is 0 Å². The molecule has 0 aliphatic carbocycles. The molecule has 1 amide bonds. The first-order valence-electron chi connectivity index (χ1n) is 7.24. The van der Waals surface area contributed by atoms with Crippen LogP contribution in [0.4, 0.5) is 0 Å². The fraction of sp³-hybridized carbons (Fsp3) is 0.929. The summed E-state index contributed by atoms with van der Waals surface area (Å²) < 4.78 is 10.1. The van der Waals surface area contributed by atoms with E-state index in [1.807, 2.05) is 4.90 Å². The van der Waals surface area contributed by atoms with Crippen molar-refractivity contribution in [2.24, 2.45) is 5.92 Å². The molecule has 1 aliphatic heterocycles. The van der Waals surface area contributed by atoms with Gasteiger partial charge in [0.1, 0.15) is 0 Å². The second-order valence-corrected chi connectivity index (χ2v) is 5.12. The topological polar surface area (TPSA) is 50.8 Å². The highest BCUT2D eigenvalue weighted by atomic mass is 16.5. The first-order valence-corrected chi connectivity index (χ1v) is 7.24. The molecule has 5 nitrogen and oxygen atoms in total. The number of carbonyl (C=O) groups excluding carboxylic acids is 1. The van der Waals surface area contributed by atoms with Gasteiger partial charge in [-0.25, -0.2) is 0 Å². The fourth-order valence-corrected chi connectivity index (χ4v) is 2.42. The number of carbonyl (C=O) groups is 1. The van der Waals surface area contributed by atoms with Gasteiger partial charge < -0.3 is 19.7 Å². The van der Waals surface area contributed by atoms with Gasteiger partial charge in [0.05, 0.1) is 13.2 Å². The fourth-order valence-electron chi connectivity index (χ4n) is 2.42. The molecule has 0 radical (unpaired) electrons. The highest BCUT2D eigenvalue weighted by Crippen LogP contribution is 2.16. The molecule has 1 atom stereocenters. The molecule has 1 aliphatic rings. The van der Waals surface area contributed by atoms with Crippen molar-refractivity contribution >= 4 is 5.91 Å². The van der Waals surface area contributed by atoms with Crippen molar-refractivity contribution in [2.45, 2.75) is 25.7 Å². The molecular formula is C14H28N2O3. The maximum absolute atomic E-state index is 12.2. The molecular weight excluding hydrogens is 244 g/mol. The van der Waals surface area contributed by atoms with E-state index in [1.54, 1.807) is 14.2 Å². The van der Waals surface area contributed by atoms with E-state index in [1.165, 1.54) is 12.8 Å². The Labute approximate surface area is 116 Å². The zero-order valence-corrected chi connectivity index (χ0v) is 12.3. The van der Waals surface area contributed by atoms with Gasteiger partial charge in [-0.05, 0) is 38.3 Å². The number of methoxy groups -OCH3 is 2. The van der Waals surface area contributed by atoms with E-state index in [2.05, 4.69) is 5.32 Å². The highest BCUT2D eigenvalue weighted by molar-refractivity contribution is 5.76. The van der Waals surface area contributed by atoms with Crippen molar-refractivity contribution < 1.29 is 14.3 Å². The van der Waals surface area contributed by atoms with Crippen molar-refractivity contribution in [3.8, 4) is 0 Å². The van der Waals surface area contributed by atoms with Crippen LogP contribution in [0.1, 0.15) is 25.7 Å².